The molecule has 21 heavy (non-hydrogen) atoms. The highest BCUT2D eigenvalue weighted by Crippen LogP contribution is 2.30. The molecule has 3 saturated heterocycles. The van der Waals surface area contributed by atoms with Gasteiger partial charge in [-0.25, -0.2) is 0 Å². The Hall–Kier alpha value is -0.210. The zero-order chi connectivity index (χ0) is 15.0. The maximum Gasteiger partial charge on any atom is 0.282 e. The molecule has 0 aliphatic carbocycles. The zero-order valence-corrected chi connectivity index (χ0v) is 13.8. The smallest absolute Gasteiger partial charge is 0.282 e. The molecule has 0 spiro atoms. The van der Waals surface area contributed by atoms with Gasteiger partial charge in [-0.05, 0) is 51.6 Å². The number of likely N-dealkylation sites (N-methyl/N-ethyl adjacent to an activating group) is 1. The van der Waals surface area contributed by atoms with E-state index in [9.17, 15) is 8.42 Å². The van der Waals surface area contributed by atoms with E-state index >= 15 is 0 Å². The Morgan fingerprint density at radius 3 is 2.24 bits per heavy atom. The average molecular weight is 316 g/mol. The Bertz CT molecular complexity index is 462. The van der Waals surface area contributed by atoms with Gasteiger partial charge in [0.25, 0.3) is 10.2 Å². The lowest BCUT2D eigenvalue weighted by molar-refractivity contribution is 0.236. The number of piperidine rings is 1. The van der Waals surface area contributed by atoms with Crippen molar-refractivity contribution in [3.63, 3.8) is 0 Å². The summed E-state index contributed by atoms with van der Waals surface area (Å²) >= 11 is 0. The highest BCUT2D eigenvalue weighted by Gasteiger charge is 2.40. The molecule has 3 heterocycles. The van der Waals surface area contributed by atoms with Crippen molar-refractivity contribution in [1.29, 1.82) is 0 Å². The van der Waals surface area contributed by atoms with Crippen molar-refractivity contribution in [1.82, 2.24) is 13.5 Å². The number of hydrogen-bond donors (Lipinski definition) is 1. The van der Waals surface area contributed by atoms with Crippen molar-refractivity contribution < 1.29 is 8.42 Å². The second-order valence-corrected chi connectivity index (χ2v) is 8.71. The van der Waals surface area contributed by atoms with Crippen molar-refractivity contribution in [2.24, 2.45) is 11.7 Å². The summed E-state index contributed by atoms with van der Waals surface area (Å²) in [6.07, 6.45) is 5.11. The van der Waals surface area contributed by atoms with E-state index in [-0.39, 0.29) is 0 Å². The van der Waals surface area contributed by atoms with E-state index in [4.69, 9.17) is 5.73 Å². The first-order valence-electron chi connectivity index (χ1n) is 8.19. The quantitative estimate of drug-likeness (QED) is 0.800. The number of fused-ring (bicyclic) bond motifs is 2. The Labute approximate surface area is 128 Å². The molecule has 0 aromatic heterocycles. The monoisotopic (exact) mass is 316 g/mol. The Morgan fingerprint density at radius 1 is 0.952 bits per heavy atom. The fourth-order valence-electron chi connectivity index (χ4n) is 4.03. The molecule has 2 atom stereocenters. The zero-order valence-electron chi connectivity index (χ0n) is 12.9. The molecule has 7 heteroatoms. The number of nitrogens with zero attached hydrogens (tertiary/aromatic N) is 3. The molecule has 122 valence electrons. The van der Waals surface area contributed by atoms with Gasteiger partial charge in [-0.2, -0.15) is 17.0 Å². The van der Waals surface area contributed by atoms with Crippen LogP contribution in [0.15, 0.2) is 0 Å². The maximum absolute atomic E-state index is 12.9. The third-order valence-corrected chi connectivity index (χ3v) is 7.67. The highest BCUT2D eigenvalue weighted by molar-refractivity contribution is 7.86. The molecule has 3 rings (SSSR count). The predicted octanol–water partition coefficient (Wildman–Crippen LogP) is 0.0704. The molecule has 0 radical (unpaired) electrons. The summed E-state index contributed by atoms with van der Waals surface area (Å²) in [5.41, 5.74) is 5.69. The Balaban J connectivity index is 1.68. The van der Waals surface area contributed by atoms with Gasteiger partial charge in [-0.1, -0.05) is 0 Å². The van der Waals surface area contributed by atoms with Crippen LogP contribution in [-0.2, 0) is 10.2 Å². The van der Waals surface area contributed by atoms with Crippen LogP contribution in [0.1, 0.15) is 32.1 Å². The third-order valence-electron chi connectivity index (χ3n) is 5.67. The molecule has 3 aliphatic rings. The first-order chi connectivity index (χ1) is 10.0. The van der Waals surface area contributed by atoms with Gasteiger partial charge in [-0.15, -0.1) is 0 Å². The van der Waals surface area contributed by atoms with Crippen LogP contribution >= 0.6 is 0 Å². The molecule has 2 N–H and O–H groups in total. The van der Waals surface area contributed by atoms with Gasteiger partial charge >= 0.3 is 0 Å². The standard InChI is InChI=1S/C14H28N4O2S/c1-16-13-2-3-14(16)11-18(9-6-13)21(19,20)17-7-4-12(10-15)5-8-17/h12-14H,2-11,15H2,1H3. The van der Waals surface area contributed by atoms with Crippen molar-refractivity contribution in [3.05, 3.63) is 0 Å². The molecule has 0 aromatic rings. The van der Waals surface area contributed by atoms with E-state index in [1.54, 1.807) is 8.61 Å². The summed E-state index contributed by atoms with van der Waals surface area (Å²) < 4.78 is 29.2. The van der Waals surface area contributed by atoms with Gasteiger partial charge < -0.3 is 5.73 Å². The number of nitrogens with two attached hydrogens (primary N) is 1. The summed E-state index contributed by atoms with van der Waals surface area (Å²) in [6.45, 7) is 3.26. The van der Waals surface area contributed by atoms with Crippen LogP contribution in [0.2, 0.25) is 0 Å². The number of rotatable bonds is 3. The minimum absolute atomic E-state index is 0.397. The van der Waals surface area contributed by atoms with E-state index in [1.807, 2.05) is 0 Å². The largest absolute Gasteiger partial charge is 0.330 e. The summed E-state index contributed by atoms with van der Waals surface area (Å²) in [5, 5.41) is 0. The van der Waals surface area contributed by atoms with Gasteiger partial charge in [0, 0.05) is 38.3 Å². The van der Waals surface area contributed by atoms with Crippen LogP contribution in [0.4, 0.5) is 0 Å². The van der Waals surface area contributed by atoms with Crippen LogP contribution in [0.25, 0.3) is 0 Å². The summed E-state index contributed by atoms with van der Waals surface area (Å²) in [7, 11) is -1.14. The van der Waals surface area contributed by atoms with Crippen molar-refractivity contribution in [2.45, 2.75) is 44.2 Å². The van der Waals surface area contributed by atoms with Crippen molar-refractivity contribution in [3.8, 4) is 0 Å². The summed E-state index contributed by atoms with van der Waals surface area (Å²) in [6, 6.07) is 0.965. The van der Waals surface area contributed by atoms with Crippen LogP contribution in [0.5, 0.6) is 0 Å². The van der Waals surface area contributed by atoms with E-state index < -0.39 is 10.2 Å². The summed E-state index contributed by atoms with van der Waals surface area (Å²) in [4.78, 5) is 2.39. The molecule has 0 amide bonds. The van der Waals surface area contributed by atoms with Gasteiger partial charge in [-0.3, -0.25) is 4.90 Å². The Kier molecular flexibility index (Phi) is 4.57. The topological polar surface area (TPSA) is 69.9 Å². The minimum Gasteiger partial charge on any atom is -0.330 e. The minimum atomic E-state index is -3.29. The fraction of sp³-hybridized carbons (Fsp3) is 1.00. The van der Waals surface area contributed by atoms with Gasteiger partial charge in [0.15, 0.2) is 0 Å². The molecule has 2 bridgehead atoms. The molecule has 6 nitrogen and oxygen atoms in total. The second-order valence-electron chi connectivity index (χ2n) is 6.78. The Morgan fingerprint density at radius 2 is 1.57 bits per heavy atom. The molecule has 3 aliphatic heterocycles. The number of hydrogen-bond acceptors (Lipinski definition) is 4. The maximum atomic E-state index is 12.9. The van der Waals surface area contributed by atoms with Crippen molar-refractivity contribution in [2.75, 3.05) is 39.8 Å². The van der Waals surface area contributed by atoms with Crippen molar-refractivity contribution >= 4 is 10.2 Å². The van der Waals surface area contributed by atoms with Crippen LogP contribution in [-0.4, -0.2) is 73.8 Å². The SMILES string of the molecule is CN1C2CCC1CN(S(=O)(=O)N1CCC(CN)CC1)CC2. The molecule has 3 fully saturated rings. The molecule has 2 unspecified atom stereocenters. The lowest BCUT2D eigenvalue weighted by Crippen LogP contribution is -2.50. The first kappa shape index (κ1) is 15.7. The van der Waals surface area contributed by atoms with E-state index in [0.29, 0.717) is 50.7 Å². The normalized spacial score (nSPS) is 34.2. The van der Waals surface area contributed by atoms with E-state index in [2.05, 4.69) is 11.9 Å². The van der Waals surface area contributed by atoms with E-state index in [1.165, 1.54) is 6.42 Å². The lowest BCUT2D eigenvalue weighted by Gasteiger charge is -2.35. The highest BCUT2D eigenvalue weighted by atomic mass is 32.2. The predicted molar refractivity (Wildman–Crippen MR) is 83.0 cm³/mol. The van der Waals surface area contributed by atoms with Gasteiger partial charge in [0.1, 0.15) is 0 Å². The fourth-order valence-corrected chi connectivity index (χ4v) is 5.72. The molecular weight excluding hydrogens is 288 g/mol. The molecule has 0 saturated carbocycles. The molecule has 0 aromatic carbocycles. The van der Waals surface area contributed by atoms with E-state index in [0.717, 1.165) is 25.7 Å². The van der Waals surface area contributed by atoms with Crippen LogP contribution < -0.4 is 5.73 Å². The van der Waals surface area contributed by atoms with Gasteiger partial charge in [0.05, 0.1) is 0 Å². The van der Waals surface area contributed by atoms with Crippen LogP contribution in [0.3, 0.4) is 0 Å². The molecular formula is C14H28N4O2S. The summed E-state index contributed by atoms with van der Waals surface area (Å²) in [5.74, 6) is 0.489. The van der Waals surface area contributed by atoms with Gasteiger partial charge in [0.2, 0.25) is 0 Å². The average Bonchev–Trinajstić information content (AvgIpc) is 2.71. The lowest BCUT2D eigenvalue weighted by atomic mass is 9.99. The van der Waals surface area contributed by atoms with Crippen LogP contribution in [0, 0.1) is 5.92 Å². The first-order valence-corrected chi connectivity index (χ1v) is 9.59. The third kappa shape index (κ3) is 2.99. The second kappa shape index (κ2) is 6.12.